The van der Waals surface area contributed by atoms with Gasteiger partial charge in [-0.05, 0) is 67.7 Å². The third-order valence-corrected chi connectivity index (χ3v) is 9.91. The fraction of sp³-hybridized carbons (Fsp3) is 0.350. The van der Waals surface area contributed by atoms with Gasteiger partial charge in [0.1, 0.15) is 18.8 Å². The highest BCUT2D eigenvalue weighted by Gasteiger charge is 2.33. The Bertz CT molecular complexity index is 2420. The Kier molecular flexibility index (Phi) is 11.1. The smallest absolute Gasteiger partial charge is 0.416 e. The minimum atomic E-state index is -4.54. The number of amides is 2. The summed E-state index contributed by atoms with van der Waals surface area (Å²) in [5.74, 6) is -1.61. The van der Waals surface area contributed by atoms with Crippen molar-refractivity contribution < 1.29 is 36.6 Å². The van der Waals surface area contributed by atoms with E-state index in [0.717, 1.165) is 27.8 Å². The van der Waals surface area contributed by atoms with Gasteiger partial charge in [-0.25, -0.2) is 9.37 Å². The van der Waals surface area contributed by atoms with Gasteiger partial charge in [-0.3, -0.25) is 14.4 Å². The SMILES string of the molecule is CCc1c(N2CCN(C(=O)c3nc(C)cc(F)c3OCc3ccccc3)CC2)c(=O)n2nc(C3=CCOCC3)nc2n1CC(=O)Nc1ccc(C(F)(F)F)cc1C. The number of piperazine rings is 1. The number of rotatable bonds is 10. The first-order valence-corrected chi connectivity index (χ1v) is 18.5. The fourth-order valence-electron chi connectivity index (χ4n) is 7.03. The molecule has 2 amide bonds. The Hall–Kier alpha value is -6.10. The summed E-state index contributed by atoms with van der Waals surface area (Å²) in [7, 11) is 0. The molecule has 0 atom stereocenters. The van der Waals surface area contributed by atoms with Crippen LogP contribution in [0, 0.1) is 19.7 Å². The zero-order chi connectivity index (χ0) is 40.4. The molecule has 5 heterocycles. The maximum Gasteiger partial charge on any atom is 0.416 e. The molecule has 17 heteroatoms. The van der Waals surface area contributed by atoms with Crippen LogP contribution in [0.2, 0.25) is 0 Å². The molecule has 2 aliphatic rings. The van der Waals surface area contributed by atoms with Gasteiger partial charge in [-0.2, -0.15) is 22.7 Å². The topological polar surface area (TPSA) is 136 Å². The maximum atomic E-state index is 15.3. The average Bonchev–Trinajstić information content (AvgIpc) is 3.65. The second-order valence-corrected chi connectivity index (χ2v) is 13.8. The van der Waals surface area contributed by atoms with Crippen LogP contribution in [0.4, 0.5) is 28.9 Å². The molecule has 7 rings (SSSR count). The van der Waals surface area contributed by atoms with E-state index in [1.807, 2.05) is 48.2 Å². The molecule has 5 aromatic rings. The number of anilines is 2. The minimum Gasteiger partial charge on any atom is -0.483 e. The molecule has 0 radical (unpaired) electrons. The Labute approximate surface area is 324 Å². The van der Waals surface area contributed by atoms with Crippen molar-refractivity contribution in [1.82, 2.24) is 29.0 Å². The second-order valence-electron chi connectivity index (χ2n) is 13.8. The number of hydrogen-bond acceptors (Lipinski definition) is 9. The van der Waals surface area contributed by atoms with Crippen molar-refractivity contribution >= 4 is 34.5 Å². The first-order valence-electron chi connectivity index (χ1n) is 18.5. The third kappa shape index (κ3) is 8.24. The number of carbonyl (C=O) groups is 2. The maximum absolute atomic E-state index is 15.3. The first kappa shape index (κ1) is 39.1. The quantitative estimate of drug-likeness (QED) is 0.179. The Morgan fingerprint density at radius 3 is 2.42 bits per heavy atom. The molecule has 2 aromatic carbocycles. The van der Waals surface area contributed by atoms with Crippen LogP contribution in [0.3, 0.4) is 0 Å². The molecule has 1 fully saturated rings. The van der Waals surface area contributed by atoms with E-state index in [1.54, 1.807) is 11.5 Å². The number of ether oxygens (including phenoxy) is 2. The second kappa shape index (κ2) is 16.2. The van der Waals surface area contributed by atoms with Gasteiger partial charge in [-0.1, -0.05) is 43.3 Å². The van der Waals surface area contributed by atoms with Gasteiger partial charge in [0.2, 0.25) is 11.7 Å². The van der Waals surface area contributed by atoms with Crippen molar-refractivity contribution in [2.24, 2.45) is 0 Å². The van der Waals surface area contributed by atoms with Crippen LogP contribution < -0.4 is 20.5 Å². The van der Waals surface area contributed by atoms with Gasteiger partial charge in [0, 0.05) is 37.6 Å². The number of alkyl halides is 3. The van der Waals surface area contributed by atoms with Crippen molar-refractivity contribution in [2.75, 3.05) is 49.6 Å². The molecule has 57 heavy (non-hydrogen) atoms. The molecule has 1 N–H and O–H groups in total. The number of carbonyl (C=O) groups excluding carboxylic acids is 2. The van der Waals surface area contributed by atoms with E-state index < -0.39 is 34.9 Å². The van der Waals surface area contributed by atoms with Gasteiger partial charge in [0.05, 0.1) is 24.5 Å². The van der Waals surface area contributed by atoms with E-state index in [2.05, 4.69) is 15.4 Å². The number of pyridine rings is 1. The summed E-state index contributed by atoms with van der Waals surface area (Å²) in [4.78, 5) is 54.3. The van der Waals surface area contributed by atoms with Crippen LogP contribution in [-0.2, 0) is 35.3 Å². The molecule has 13 nitrogen and oxygen atoms in total. The van der Waals surface area contributed by atoms with Crippen molar-refractivity contribution in [3.05, 3.63) is 116 Å². The molecule has 0 bridgehead atoms. The Morgan fingerprint density at radius 1 is 1.00 bits per heavy atom. The number of aryl methyl sites for hydroxylation is 2. The van der Waals surface area contributed by atoms with Crippen LogP contribution in [0.15, 0.2) is 65.5 Å². The van der Waals surface area contributed by atoms with E-state index >= 15 is 4.39 Å². The molecule has 3 aromatic heterocycles. The lowest BCUT2D eigenvalue weighted by atomic mass is 10.1. The predicted molar refractivity (Wildman–Crippen MR) is 203 cm³/mol. The van der Waals surface area contributed by atoms with Crippen molar-refractivity contribution in [1.29, 1.82) is 0 Å². The monoisotopic (exact) mass is 788 g/mol. The zero-order valence-electron chi connectivity index (χ0n) is 31.5. The van der Waals surface area contributed by atoms with E-state index in [0.29, 0.717) is 43.3 Å². The summed E-state index contributed by atoms with van der Waals surface area (Å²) in [6, 6.07) is 13.4. The molecule has 0 saturated carbocycles. The van der Waals surface area contributed by atoms with E-state index in [9.17, 15) is 27.6 Å². The van der Waals surface area contributed by atoms with Gasteiger partial charge >= 0.3 is 6.18 Å². The Balaban J connectivity index is 1.18. The van der Waals surface area contributed by atoms with E-state index in [1.165, 1.54) is 24.0 Å². The first-order chi connectivity index (χ1) is 27.3. The van der Waals surface area contributed by atoms with E-state index in [-0.39, 0.29) is 73.5 Å². The normalized spacial score (nSPS) is 14.8. The van der Waals surface area contributed by atoms with Crippen LogP contribution >= 0.6 is 0 Å². The molecular weight excluding hydrogens is 748 g/mol. The van der Waals surface area contributed by atoms with Crippen molar-refractivity contribution in [3.8, 4) is 5.75 Å². The molecule has 0 spiro atoms. The molecule has 2 aliphatic heterocycles. The van der Waals surface area contributed by atoms with Crippen LogP contribution in [0.25, 0.3) is 11.4 Å². The summed E-state index contributed by atoms with van der Waals surface area (Å²) >= 11 is 0. The molecular formula is C40H40F4N8O5. The van der Waals surface area contributed by atoms with Crippen LogP contribution in [0.5, 0.6) is 5.75 Å². The molecule has 0 unspecified atom stereocenters. The lowest BCUT2D eigenvalue weighted by Gasteiger charge is -2.36. The minimum absolute atomic E-state index is 0.0299. The highest BCUT2D eigenvalue weighted by Crippen LogP contribution is 2.32. The number of hydrogen-bond donors (Lipinski definition) is 1. The summed E-state index contributed by atoms with van der Waals surface area (Å²) in [6.07, 6.45) is -1.90. The van der Waals surface area contributed by atoms with Crippen molar-refractivity contribution in [2.45, 2.75) is 52.9 Å². The highest BCUT2D eigenvalue weighted by atomic mass is 19.4. The summed E-state index contributed by atoms with van der Waals surface area (Å²) < 4.78 is 69.2. The number of nitrogens with zero attached hydrogens (tertiary/aromatic N) is 7. The number of aromatic nitrogens is 5. The zero-order valence-corrected chi connectivity index (χ0v) is 31.5. The number of halogens is 4. The number of benzene rings is 2. The fourth-order valence-corrected chi connectivity index (χ4v) is 7.03. The highest BCUT2D eigenvalue weighted by molar-refractivity contribution is 5.95. The van der Waals surface area contributed by atoms with Crippen LogP contribution in [0.1, 0.15) is 57.7 Å². The predicted octanol–water partition coefficient (Wildman–Crippen LogP) is 5.61. The lowest BCUT2D eigenvalue weighted by molar-refractivity contribution is -0.137. The van der Waals surface area contributed by atoms with Gasteiger partial charge in [-0.15, -0.1) is 5.10 Å². The van der Waals surface area contributed by atoms with Crippen molar-refractivity contribution in [3.63, 3.8) is 0 Å². The van der Waals surface area contributed by atoms with Gasteiger partial charge in [0.15, 0.2) is 23.1 Å². The summed E-state index contributed by atoms with van der Waals surface area (Å²) in [6.45, 7) is 6.09. The third-order valence-electron chi connectivity index (χ3n) is 9.91. The molecule has 0 aliphatic carbocycles. The lowest BCUT2D eigenvalue weighted by Crippen LogP contribution is -2.51. The van der Waals surface area contributed by atoms with Crippen LogP contribution in [-0.4, -0.2) is 80.3 Å². The standard InChI is InChI=1S/C40H40F4N8O5/c1-4-31-34(49-14-16-50(17-15-49)37(54)33-35(29(41)21-25(3)45-33)57-23-26-8-6-5-7-9-26)38(55)52-39(47-36(48-52)27-12-18-56-19-13-27)51(31)22-32(53)46-30-11-10-28(20-24(30)2)40(42,43)44/h5-12,20-21H,4,13-19,22-23H2,1-3H3,(H,46,53). The largest absolute Gasteiger partial charge is 0.483 e. The molecule has 298 valence electrons. The Morgan fingerprint density at radius 2 is 1.75 bits per heavy atom. The summed E-state index contributed by atoms with van der Waals surface area (Å²) in [5, 5.41) is 7.29. The van der Waals surface area contributed by atoms with E-state index in [4.69, 9.17) is 14.5 Å². The number of fused-ring (bicyclic) bond motifs is 1. The number of nitrogens with one attached hydrogen (secondary N) is 1. The van der Waals surface area contributed by atoms with Gasteiger partial charge in [0.25, 0.3) is 11.5 Å². The average molecular weight is 789 g/mol. The molecule has 1 saturated heterocycles. The summed E-state index contributed by atoms with van der Waals surface area (Å²) in [5.41, 5.74) is 1.59. The van der Waals surface area contributed by atoms with Gasteiger partial charge < -0.3 is 29.2 Å².